The molecule has 1 aliphatic rings. The molecule has 0 radical (unpaired) electrons. The zero-order valence-corrected chi connectivity index (χ0v) is 24.1. The van der Waals surface area contributed by atoms with Crippen molar-refractivity contribution in [3.8, 4) is 11.1 Å². The number of carboxylic acids is 1. The molecule has 0 bridgehead atoms. The number of benzene rings is 1. The first-order valence-electron chi connectivity index (χ1n) is 14.1. The number of aryl methyl sites for hydroxylation is 2. The predicted molar refractivity (Wildman–Crippen MR) is 156 cm³/mol. The van der Waals surface area contributed by atoms with E-state index in [1.165, 1.54) is 10.6 Å². The van der Waals surface area contributed by atoms with Crippen LogP contribution in [0, 0.1) is 19.8 Å². The molecule has 1 unspecified atom stereocenters. The van der Waals surface area contributed by atoms with E-state index in [0.29, 0.717) is 38.0 Å². The van der Waals surface area contributed by atoms with Crippen LogP contribution in [0.1, 0.15) is 67.4 Å². The molecule has 218 valence electrons. The average Bonchev–Trinajstić information content (AvgIpc) is 3.32. The average molecular weight is 563 g/mol. The van der Waals surface area contributed by atoms with Crippen LogP contribution in [0.4, 0.5) is 4.39 Å². The van der Waals surface area contributed by atoms with Gasteiger partial charge in [-0.1, -0.05) is 38.1 Å². The van der Waals surface area contributed by atoms with Crippen LogP contribution in [0.3, 0.4) is 0 Å². The Morgan fingerprint density at radius 3 is 2.51 bits per heavy atom. The summed E-state index contributed by atoms with van der Waals surface area (Å²) in [7, 11) is 0. The fourth-order valence-electron chi connectivity index (χ4n) is 5.62. The van der Waals surface area contributed by atoms with Gasteiger partial charge in [-0.05, 0) is 66.5 Å². The Morgan fingerprint density at radius 2 is 1.88 bits per heavy atom. The van der Waals surface area contributed by atoms with E-state index in [1.54, 1.807) is 24.7 Å². The molecule has 2 N–H and O–H groups in total. The number of amides is 1. The van der Waals surface area contributed by atoms with Crippen LogP contribution in [0.25, 0.3) is 11.1 Å². The zero-order chi connectivity index (χ0) is 29.7. The topological polar surface area (TPSA) is 105 Å². The molecule has 8 nitrogen and oxygen atoms in total. The molecule has 1 aliphatic heterocycles. The minimum absolute atomic E-state index is 0.0825. The van der Waals surface area contributed by atoms with Gasteiger partial charge in [0.2, 0.25) is 5.91 Å². The smallest absolute Gasteiger partial charge is 0.305 e. The van der Waals surface area contributed by atoms with Crippen LogP contribution in [0.2, 0.25) is 0 Å². The van der Waals surface area contributed by atoms with E-state index in [-0.39, 0.29) is 17.9 Å². The largest absolute Gasteiger partial charge is 0.481 e. The fraction of sp³-hybridized carbons (Fsp3) is 0.438. The van der Waals surface area contributed by atoms with Crippen molar-refractivity contribution < 1.29 is 19.1 Å². The lowest BCUT2D eigenvalue weighted by Crippen LogP contribution is -2.40. The number of carbonyl (C=O) groups is 2. The predicted octanol–water partition coefficient (Wildman–Crippen LogP) is 4.99. The summed E-state index contributed by atoms with van der Waals surface area (Å²) in [5.74, 6) is -1.42. The second-order valence-electron chi connectivity index (χ2n) is 11.5. The van der Waals surface area contributed by atoms with E-state index in [2.05, 4.69) is 10.3 Å². The number of hydrogen-bond acceptors (Lipinski definition) is 5. The molecule has 4 rings (SSSR count). The number of aliphatic carboxylic acids is 1. The summed E-state index contributed by atoms with van der Waals surface area (Å²) in [5, 5.41) is 12.6. The van der Waals surface area contributed by atoms with Gasteiger partial charge in [0.15, 0.2) is 0 Å². The molecule has 41 heavy (non-hydrogen) atoms. The van der Waals surface area contributed by atoms with Gasteiger partial charge in [0.1, 0.15) is 12.2 Å². The van der Waals surface area contributed by atoms with Crippen molar-refractivity contribution in [3.63, 3.8) is 0 Å². The van der Waals surface area contributed by atoms with Crippen molar-refractivity contribution >= 4 is 11.9 Å². The van der Waals surface area contributed by atoms with Gasteiger partial charge in [0.25, 0.3) is 5.56 Å². The molecule has 3 atom stereocenters. The summed E-state index contributed by atoms with van der Waals surface area (Å²) in [6, 6.07) is 9.32. The molecule has 1 aromatic carbocycles. The number of nitrogens with zero attached hydrogens (tertiary/aromatic N) is 3. The molecule has 2 aromatic heterocycles. The number of alkyl halides is 1. The summed E-state index contributed by atoms with van der Waals surface area (Å²) in [4.78, 5) is 45.1. The first-order chi connectivity index (χ1) is 19.5. The highest BCUT2D eigenvalue weighted by atomic mass is 19.1. The normalized spacial score (nSPS) is 17.0. The molecule has 9 heteroatoms. The highest BCUT2D eigenvalue weighted by molar-refractivity contribution is 5.82. The molecular weight excluding hydrogens is 523 g/mol. The number of hydrogen-bond donors (Lipinski definition) is 2. The van der Waals surface area contributed by atoms with E-state index in [1.807, 2.05) is 56.9 Å². The quantitative estimate of drug-likeness (QED) is 0.341. The van der Waals surface area contributed by atoms with Crippen molar-refractivity contribution in [2.24, 2.45) is 5.92 Å². The van der Waals surface area contributed by atoms with Crippen LogP contribution in [0.15, 0.2) is 59.8 Å². The second kappa shape index (κ2) is 13.2. The Balaban J connectivity index is 1.64. The van der Waals surface area contributed by atoms with Crippen LogP contribution in [0.5, 0.6) is 0 Å². The third-order valence-corrected chi connectivity index (χ3v) is 7.58. The number of pyridine rings is 2. The first-order valence-corrected chi connectivity index (χ1v) is 14.1. The monoisotopic (exact) mass is 562 g/mol. The summed E-state index contributed by atoms with van der Waals surface area (Å²) in [5.41, 5.74) is 5.04. The molecule has 3 aromatic rings. The molecule has 0 aliphatic carbocycles. The summed E-state index contributed by atoms with van der Waals surface area (Å²) in [6.07, 6.45) is 4.66. The number of aromatic nitrogens is 2. The first kappa shape index (κ1) is 30.1. The van der Waals surface area contributed by atoms with Crippen LogP contribution < -0.4 is 10.9 Å². The van der Waals surface area contributed by atoms with Gasteiger partial charge in [-0.3, -0.25) is 24.3 Å². The number of likely N-dealkylation sites (tertiary alicyclic amines) is 1. The van der Waals surface area contributed by atoms with Gasteiger partial charge in [-0.2, -0.15) is 0 Å². The van der Waals surface area contributed by atoms with Crippen molar-refractivity contribution in [3.05, 3.63) is 87.6 Å². The minimum atomic E-state index is -1.07. The minimum Gasteiger partial charge on any atom is -0.481 e. The number of halogens is 1. The van der Waals surface area contributed by atoms with Gasteiger partial charge >= 0.3 is 5.97 Å². The van der Waals surface area contributed by atoms with E-state index in [0.717, 1.165) is 27.8 Å². The third kappa shape index (κ3) is 7.67. The van der Waals surface area contributed by atoms with Crippen LogP contribution >= 0.6 is 0 Å². The molecule has 1 amide bonds. The Morgan fingerprint density at radius 1 is 1.15 bits per heavy atom. The van der Waals surface area contributed by atoms with Gasteiger partial charge in [0, 0.05) is 49.9 Å². The highest BCUT2D eigenvalue weighted by Gasteiger charge is 2.28. The Hall–Kier alpha value is -3.85. The van der Waals surface area contributed by atoms with E-state index in [4.69, 9.17) is 0 Å². The SMILES string of the molecule is Cc1cccc(C)c1-c1cncc([C@H](CC(=O)O)NC(=O)C(CC(C)C)n2cc(CN3CC[C@@H](F)C3)ccc2=O)c1. The van der Waals surface area contributed by atoms with Gasteiger partial charge in [-0.25, -0.2) is 4.39 Å². The van der Waals surface area contributed by atoms with E-state index >= 15 is 0 Å². The van der Waals surface area contributed by atoms with Crippen molar-refractivity contribution in [2.45, 2.75) is 71.8 Å². The lowest BCUT2D eigenvalue weighted by molar-refractivity contribution is -0.138. The Bertz CT molecular complexity index is 1430. The third-order valence-electron chi connectivity index (χ3n) is 7.58. The van der Waals surface area contributed by atoms with Crippen molar-refractivity contribution in [2.75, 3.05) is 13.1 Å². The molecule has 0 saturated carbocycles. The number of carbonyl (C=O) groups excluding carboxylic acids is 1. The molecule has 3 heterocycles. The lowest BCUT2D eigenvalue weighted by atomic mass is 9.94. The van der Waals surface area contributed by atoms with Crippen LogP contribution in [-0.2, 0) is 16.1 Å². The zero-order valence-electron chi connectivity index (χ0n) is 24.1. The molecule has 1 fully saturated rings. The molecule has 0 spiro atoms. The Labute approximate surface area is 240 Å². The standard InChI is InChI=1S/C32H39FN4O4/c1-20(2)12-28(37-18-23(8-9-29(37)38)17-36-11-10-26(33)19-36)32(41)35-27(14-30(39)40)24-13-25(16-34-15-24)31-21(3)6-5-7-22(31)4/h5-9,13,15-16,18,20,26-28H,10-12,14,17,19H2,1-4H3,(H,35,41)(H,39,40)/t26-,27+,28?/m1/s1. The van der Waals surface area contributed by atoms with Gasteiger partial charge in [-0.15, -0.1) is 0 Å². The maximum atomic E-state index is 13.8. The number of nitrogens with one attached hydrogen (secondary N) is 1. The fourth-order valence-corrected chi connectivity index (χ4v) is 5.62. The molecular formula is C32H39FN4O4. The van der Waals surface area contributed by atoms with Crippen molar-refractivity contribution in [1.29, 1.82) is 0 Å². The van der Waals surface area contributed by atoms with Gasteiger partial charge in [0.05, 0.1) is 12.5 Å². The maximum Gasteiger partial charge on any atom is 0.305 e. The van der Waals surface area contributed by atoms with Crippen LogP contribution in [-0.4, -0.2) is 50.7 Å². The summed E-state index contributed by atoms with van der Waals surface area (Å²) in [6.45, 7) is 9.42. The lowest BCUT2D eigenvalue weighted by Gasteiger charge is -2.26. The Kier molecular flexibility index (Phi) is 9.70. The number of rotatable bonds is 11. The summed E-state index contributed by atoms with van der Waals surface area (Å²) < 4.78 is 15.1. The van der Waals surface area contributed by atoms with E-state index in [9.17, 15) is 23.9 Å². The van der Waals surface area contributed by atoms with Crippen molar-refractivity contribution in [1.82, 2.24) is 19.8 Å². The van der Waals surface area contributed by atoms with E-state index < -0.39 is 30.1 Å². The van der Waals surface area contributed by atoms with Gasteiger partial charge < -0.3 is 15.0 Å². The molecule has 1 saturated heterocycles. The summed E-state index contributed by atoms with van der Waals surface area (Å²) >= 11 is 0. The number of carboxylic acid groups (broad SMARTS) is 1. The second-order valence-corrected chi connectivity index (χ2v) is 11.5. The highest BCUT2D eigenvalue weighted by Crippen LogP contribution is 2.30. The maximum absolute atomic E-state index is 13.8.